The zero-order valence-electron chi connectivity index (χ0n) is 26.8. The van der Waals surface area contributed by atoms with E-state index in [1.165, 1.54) is 77.0 Å². The fourth-order valence-electron chi connectivity index (χ4n) is 12.2. The molecule has 1 aromatic carbocycles. The van der Waals surface area contributed by atoms with Crippen LogP contribution in [0.2, 0.25) is 0 Å². The van der Waals surface area contributed by atoms with E-state index in [2.05, 4.69) is 0 Å². The molecule has 1 aromatic rings. The van der Waals surface area contributed by atoms with Crippen molar-refractivity contribution in [3.63, 3.8) is 0 Å². The predicted molar refractivity (Wildman–Crippen MR) is 165 cm³/mol. The van der Waals surface area contributed by atoms with Gasteiger partial charge < -0.3 is 33.5 Å². The van der Waals surface area contributed by atoms with Crippen LogP contribution in [-0.2, 0) is 36.9 Å². The lowest BCUT2D eigenvalue weighted by atomic mass is 9.48. The molecule has 0 aromatic heterocycles. The minimum Gasteiger partial charge on any atom is -0.507 e. The topological polar surface area (TPSA) is 75.6 Å². The van der Waals surface area contributed by atoms with Crippen molar-refractivity contribution in [2.45, 2.75) is 102 Å². The van der Waals surface area contributed by atoms with E-state index in [1.54, 1.807) is 7.11 Å². The van der Waals surface area contributed by atoms with Gasteiger partial charge in [-0.2, -0.15) is 0 Å². The van der Waals surface area contributed by atoms with Gasteiger partial charge in [-0.1, -0.05) is 0 Å². The van der Waals surface area contributed by atoms with Crippen LogP contribution in [0, 0.1) is 46.3 Å². The van der Waals surface area contributed by atoms with E-state index < -0.39 is 0 Å². The number of rotatable bonds is 3. The molecule has 1 heterocycles. The normalized spacial score (nSPS) is 44.3. The number of phenols is 1. The summed E-state index contributed by atoms with van der Waals surface area (Å²) in [5.41, 5.74) is 1.90. The molecule has 7 nitrogen and oxygen atoms in total. The number of phenolic OH excluding ortho intramolecular Hbond substituents is 1. The zero-order chi connectivity index (χ0) is 29.7. The molecule has 7 heteroatoms. The van der Waals surface area contributed by atoms with Crippen LogP contribution in [-0.4, -0.2) is 64.1 Å². The summed E-state index contributed by atoms with van der Waals surface area (Å²) in [5, 5.41) is 11.4. The lowest BCUT2D eigenvalue weighted by Crippen LogP contribution is -2.54. The van der Waals surface area contributed by atoms with Crippen molar-refractivity contribution >= 4 is 0 Å². The summed E-state index contributed by atoms with van der Waals surface area (Å²) in [4.78, 5) is 0. The van der Waals surface area contributed by atoms with E-state index in [0.29, 0.717) is 58.6 Å². The van der Waals surface area contributed by atoms with Crippen molar-refractivity contribution in [3.05, 3.63) is 23.3 Å². The first-order valence-corrected chi connectivity index (χ1v) is 17.8. The van der Waals surface area contributed by atoms with E-state index in [-0.39, 0.29) is 28.8 Å². The van der Waals surface area contributed by atoms with E-state index >= 15 is 0 Å². The van der Waals surface area contributed by atoms with Gasteiger partial charge in [0.2, 0.25) is 0 Å². The maximum atomic E-state index is 11.4. The molecular weight excluding hydrogens is 556 g/mol. The Morgan fingerprint density at radius 1 is 0.591 bits per heavy atom. The quantitative estimate of drug-likeness (QED) is 0.410. The molecule has 44 heavy (non-hydrogen) atoms. The molecule has 8 fully saturated rings. The van der Waals surface area contributed by atoms with Gasteiger partial charge in [0.15, 0.2) is 0 Å². The Kier molecular flexibility index (Phi) is 8.40. The van der Waals surface area contributed by atoms with E-state index in [1.807, 2.05) is 12.1 Å². The number of hydrogen-bond donors (Lipinski definition) is 1. The Hall–Kier alpha value is -1.38. The summed E-state index contributed by atoms with van der Waals surface area (Å²) < 4.78 is 38.0. The molecule has 8 saturated carbocycles. The summed E-state index contributed by atoms with van der Waals surface area (Å²) in [7, 11) is 1.68. The first-order chi connectivity index (χ1) is 21.5. The fourth-order valence-corrected chi connectivity index (χ4v) is 12.2. The average Bonchev–Trinajstić information content (AvgIpc) is 2.98. The van der Waals surface area contributed by atoms with Crippen molar-refractivity contribution in [2.75, 3.05) is 46.8 Å². The molecule has 0 saturated heterocycles. The van der Waals surface area contributed by atoms with Crippen molar-refractivity contribution in [3.8, 4) is 11.5 Å². The minimum atomic E-state index is 0.0469. The van der Waals surface area contributed by atoms with Gasteiger partial charge >= 0.3 is 0 Å². The molecule has 244 valence electrons. The van der Waals surface area contributed by atoms with E-state index in [0.717, 1.165) is 46.6 Å². The Bertz CT molecular complexity index is 1010. The molecule has 1 aliphatic heterocycles. The zero-order valence-corrected chi connectivity index (χ0v) is 26.8. The first-order valence-electron chi connectivity index (χ1n) is 17.8. The largest absolute Gasteiger partial charge is 0.507 e. The SMILES string of the molecule is COc1cc2c(O)c(c1)COC[C@H](C13CC4CC(CC(C4)C1)C3)OCCOCCO[C@@H](C13CC4CC(CC(C4)C1)C3)COC2. The molecule has 10 bridgehead atoms. The van der Waals surface area contributed by atoms with E-state index in [4.69, 9.17) is 28.4 Å². The molecule has 0 radical (unpaired) electrons. The van der Waals surface area contributed by atoms with Gasteiger partial charge in [-0.15, -0.1) is 0 Å². The van der Waals surface area contributed by atoms with Crippen LogP contribution in [0.3, 0.4) is 0 Å². The van der Waals surface area contributed by atoms with Gasteiger partial charge in [0.05, 0.1) is 72.2 Å². The van der Waals surface area contributed by atoms with Gasteiger partial charge in [0, 0.05) is 11.1 Å². The molecule has 0 amide bonds. The van der Waals surface area contributed by atoms with Crippen molar-refractivity contribution < 1.29 is 33.5 Å². The second kappa shape index (κ2) is 12.3. The molecular formula is C37H54O7. The van der Waals surface area contributed by atoms with Crippen LogP contribution in [0.5, 0.6) is 11.5 Å². The average molecular weight is 611 g/mol. The van der Waals surface area contributed by atoms with Crippen molar-refractivity contribution in [2.24, 2.45) is 46.3 Å². The number of hydrogen-bond acceptors (Lipinski definition) is 7. The van der Waals surface area contributed by atoms with Crippen LogP contribution in [0.25, 0.3) is 0 Å². The highest BCUT2D eigenvalue weighted by atomic mass is 16.6. The summed E-state index contributed by atoms with van der Waals surface area (Å²) >= 11 is 0. The fraction of sp³-hybridized carbons (Fsp3) is 0.838. The van der Waals surface area contributed by atoms with Crippen LogP contribution < -0.4 is 4.74 Å². The Morgan fingerprint density at radius 3 is 1.34 bits per heavy atom. The highest BCUT2D eigenvalue weighted by Gasteiger charge is 2.56. The predicted octanol–water partition coefficient (Wildman–Crippen LogP) is 6.67. The van der Waals surface area contributed by atoms with Gasteiger partial charge in [-0.05, 0) is 136 Å². The van der Waals surface area contributed by atoms with E-state index in [9.17, 15) is 5.11 Å². The number of methoxy groups -OCH3 is 1. The molecule has 9 aliphatic rings. The molecule has 2 atom stereocenters. The molecule has 1 N–H and O–H groups in total. The summed E-state index contributed by atoms with van der Waals surface area (Å²) in [5.74, 6) is 6.04. The molecule has 10 rings (SSSR count). The van der Waals surface area contributed by atoms with Crippen LogP contribution >= 0.6 is 0 Å². The number of fused-ring (bicyclic) bond motifs is 2. The first kappa shape index (κ1) is 30.0. The van der Waals surface area contributed by atoms with Crippen molar-refractivity contribution in [1.82, 2.24) is 0 Å². The summed E-state index contributed by atoms with van der Waals surface area (Å²) in [6, 6.07) is 3.79. The molecule has 0 unspecified atom stereocenters. The van der Waals surface area contributed by atoms with Crippen molar-refractivity contribution in [1.29, 1.82) is 0 Å². The van der Waals surface area contributed by atoms with Gasteiger partial charge in [-0.3, -0.25) is 0 Å². The monoisotopic (exact) mass is 610 g/mol. The number of benzene rings is 1. The lowest BCUT2D eigenvalue weighted by molar-refractivity contribution is -0.174. The highest BCUT2D eigenvalue weighted by Crippen LogP contribution is 2.63. The minimum absolute atomic E-state index is 0.0469. The number of aromatic hydroxyl groups is 1. The third kappa shape index (κ3) is 5.83. The highest BCUT2D eigenvalue weighted by molar-refractivity contribution is 5.46. The lowest BCUT2D eigenvalue weighted by Gasteiger charge is -2.59. The second-order valence-electron chi connectivity index (χ2n) is 16.2. The molecule has 0 spiro atoms. The maximum absolute atomic E-state index is 11.4. The Balaban J connectivity index is 1.01. The maximum Gasteiger partial charge on any atom is 0.126 e. The third-order valence-corrected chi connectivity index (χ3v) is 13.2. The van der Waals surface area contributed by atoms with Crippen LogP contribution in [0.4, 0.5) is 0 Å². The summed E-state index contributed by atoms with van der Waals surface area (Å²) in [6.07, 6.45) is 16.1. The number of ether oxygens (including phenoxy) is 6. The summed E-state index contributed by atoms with van der Waals surface area (Å²) in [6.45, 7) is 4.00. The Morgan fingerprint density at radius 2 is 0.977 bits per heavy atom. The molecule has 8 aliphatic carbocycles. The second-order valence-corrected chi connectivity index (χ2v) is 16.2. The Labute approximate surface area is 263 Å². The third-order valence-electron chi connectivity index (χ3n) is 13.2. The van der Waals surface area contributed by atoms with Gasteiger partial charge in [0.1, 0.15) is 11.5 Å². The van der Waals surface area contributed by atoms with Crippen LogP contribution in [0.15, 0.2) is 12.1 Å². The van der Waals surface area contributed by atoms with Gasteiger partial charge in [-0.25, -0.2) is 0 Å². The van der Waals surface area contributed by atoms with Gasteiger partial charge in [0.25, 0.3) is 0 Å². The van der Waals surface area contributed by atoms with Crippen LogP contribution in [0.1, 0.15) is 88.2 Å². The smallest absolute Gasteiger partial charge is 0.126 e. The standard InChI is InChI=1S/C37H54O7/c1-39-32-12-30-20-41-22-33(36-14-24-6-25(15-36)8-26(7-24)16-36)43-4-2-40-3-5-44-34(23-42-21-31(13-32)35(30)38)37-17-27-9-28(18-37)11-29(10-27)19-37/h12-13,24-29,33-34,38H,2-11,14-23H2,1H3/t24?,25?,26?,27?,28?,29?,33-,34-,36?,37?/m1/s1.